The van der Waals surface area contributed by atoms with E-state index in [1.807, 2.05) is 0 Å². The van der Waals surface area contributed by atoms with Crippen LogP contribution < -0.4 is 5.32 Å². The molecule has 0 aliphatic carbocycles. The predicted octanol–water partition coefficient (Wildman–Crippen LogP) is 14.2. The van der Waals surface area contributed by atoms with Gasteiger partial charge in [0.25, 0.3) is 0 Å². The maximum absolute atomic E-state index is 12.1. The SMILES string of the molecule is CCCCCCCC/C=C/CCCCCCCCCCCC(=O)NCCOP(=O)(O)OCC(O)COC(=O)CCCCCCCCCCCCCCCCCCCC. The van der Waals surface area contributed by atoms with Crippen LogP contribution in [-0.4, -0.2) is 54.3 Å². The van der Waals surface area contributed by atoms with Crippen LogP contribution in [0.5, 0.6) is 0 Å². The van der Waals surface area contributed by atoms with E-state index in [-0.39, 0.29) is 32.1 Å². The van der Waals surface area contributed by atoms with Gasteiger partial charge in [0.05, 0.1) is 13.2 Å². The molecule has 9 nitrogen and oxygen atoms in total. The first kappa shape index (κ1) is 56.8. The number of carbonyl (C=O) groups is 2. The average molecular weight is 844 g/mol. The number of carbonyl (C=O) groups excluding carboxylic acids is 2. The summed E-state index contributed by atoms with van der Waals surface area (Å²) in [5.41, 5.74) is 0. The molecule has 0 aromatic heterocycles. The molecule has 0 fully saturated rings. The maximum Gasteiger partial charge on any atom is 0.472 e. The van der Waals surface area contributed by atoms with Gasteiger partial charge >= 0.3 is 13.8 Å². The lowest BCUT2D eigenvalue weighted by Gasteiger charge is -2.15. The summed E-state index contributed by atoms with van der Waals surface area (Å²) in [7, 11) is -4.42. The second kappa shape index (κ2) is 45.3. The van der Waals surface area contributed by atoms with Crippen LogP contribution in [0.4, 0.5) is 0 Å². The fraction of sp³-hybridized carbons (Fsp3) is 0.917. The molecule has 0 saturated carbocycles. The zero-order chi connectivity index (χ0) is 42.5. The van der Waals surface area contributed by atoms with Crippen LogP contribution in [-0.2, 0) is 27.9 Å². The van der Waals surface area contributed by atoms with Crippen molar-refractivity contribution in [2.45, 2.75) is 258 Å². The highest BCUT2D eigenvalue weighted by Gasteiger charge is 2.23. The molecule has 2 atom stereocenters. The van der Waals surface area contributed by atoms with Crippen LogP contribution >= 0.6 is 7.82 Å². The molecule has 344 valence electrons. The van der Waals surface area contributed by atoms with Crippen molar-refractivity contribution in [2.75, 3.05) is 26.4 Å². The molecular weight excluding hydrogens is 750 g/mol. The number of phosphoric ester groups is 1. The summed E-state index contributed by atoms with van der Waals surface area (Å²) in [6.07, 6.45) is 48.6. The second-order valence-corrected chi connectivity index (χ2v) is 18.2. The molecule has 0 radical (unpaired) electrons. The van der Waals surface area contributed by atoms with Crippen molar-refractivity contribution in [3.05, 3.63) is 12.2 Å². The summed E-state index contributed by atoms with van der Waals surface area (Å²) in [4.78, 5) is 34.0. The number of hydrogen-bond acceptors (Lipinski definition) is 7. The van der Waals surface area contributed by atoms with Crippen LogP contribution in [0.1, 0.15) is 251 Å². The van der Waals surface area contributed by atoms with Gasteiger partial charge in [0.1, 0.15) is 12.7 Å². The Morgan fingerprint density at radius 3 is 1.29 bits per heavy atom. The number of hydrogen-bond donors (Lipinski definition) is 3. The van der Waals surface area contributed by atoms with Crippen molar-refractivity contribution < 1.29 is 37.9 Å². The van der Waals surface area contributed by atoms with E-state index in [9.17, 15) is 24.2 Å². The quantitative estimate of drug-likeness (QED) is 0.0239. The summed E-state index contributed by atoms with van der Waals surface area (Å²) in [5.74, 6) is -0.506. The van der Waals surface area contributed by atoms with Gasteiger partial charge in [-0.1, -0.05) is 212 Å². The van der Waals surface area contributed by atoms with Crippen LogP contribution in [0.3, 0.4) is 0 Å². The van der Waals surface area contributed by atoms with Crippen molar-refractivity contribution in [3.8, 4) is 0 Å². The first-order valence-electron chi connectivity index (χ1n) is 24.7. The Bertz CT molecular complexity index is 964. The number of esters is 1. The molecule has 0 rings (SSSR count). The summed E-state index contributed by atoms with van der Waals surface area (Å²) in [6, 6.07) is 0. The van der Waals surface area contributed by atoms with Gasteiger partial charge in [0.2, 0.25) is 5.91 Å². The molecule has 2 unspecified atom stereocenters. The minimum absolute atomic E-state index is 0.0846. The highest BCUT2D eigenvalue weighted by atomic mass is 31.2. The Labute approximate surface area is 358 Å². The van der Waals surface area contributed by atoms with E-state index in [0.29, 0.717) is 6.42 Å². The number of rotatable bonds is 47. The third kappa shape index (κ3) is 45.8. The van der Waals surface area contributed by atoms with Crippen molar-refractivity contribution in [3.63, 3.8) is 0 Å². The Morgan fingerprint density at radius 2 is 0.879 bits per heavy atom. The molecule has 0 aromatic rings. The zero-order valence-electron chi connectivity index (χ0n) is 38.0. The van der Waals surface area contributed by atoms with Crippen LogP contribution in [0, 0.1) is 0 Å². The third-order valence-corrected chi connectivity index (χ3v) is 11.9. The van der Waals surface area contributed by atoms with Gasteiger partial charge < -0.3 is 20.1 Å². The minimum Gasteiger partial charge on any atom is -0.463 e. The number of amides is 1. The van der Waals surface area contributed by atoms with E-state index < -0.39 is 26.5 Å². The monoisotopic (exact) mass is 844 g/mol. The third-order valence-electron chi connectivity index (χ3n) is 10.9. The van der Waals surface area contributed by atoms with Crippen LogP contribution in [0.15, 0.2) is 12.2 Å². The molecule has 0 aliphatic heterocycles. The van der Waals surface area contributed by atoms with Gasteiger partial charge in [-0.2, -0.15) is 0 Å². The summed E-state index contributed by atoms with van der Waals surface area (Å²) in [5, 5.41) is 12.7. The van der Waals surface area contributed by atoms with Crippen molar-refractivity contribution >= 4 is 19.7 Å². The normalized spacial score (nSPS) is 13.2. The molecule has 0 aliphatic rings. The molecule has 3 N–H and O–H groups in total. The number of aliphatic hydroxyl groups is 1. The number of nitrogens with one attached hydrogen (secondary N) is 1. The first-order chi connectivity index (χ1) is 28.3. The molecule has 1 amide bonds. The van der Waals surface area contributed by atoms with E-state index >= 15 is 0 Å². The van der Waals surface area contributed by atoms with Crippen molar-refractivity contribution in [2.24, 2.45) is 0 Å². The number of aliphatic hydroxyl groups excluding tert-OH is 1. The zero-order valence-corrected chi connectivity index (χ0v) is 38.9. The molecule has 0 aromatic carbocycles. The summed E-state index contributed by atoms with van der Waals surface area (Å²) in [6.45, 7) is 3.60. The van der Waals surface area contributed by atoms with E-state index in [2.05, 4.69) is 31.3 Å². The Kier molecular flexibility index (Phi) is 44.3. The highest BCUT2D eigenvalue weighted by Crippen LogP contribution is 2.42. The fourth-order valence-electron chi connectivity index (χ4n) is 7.20. The van der Waals surface area contributed by atoms with Gasteiger partial charge in [-0.15, -0.1) is 0 Å². The van der Waals surface area contributed by atoms with Gasteiger partial charge in [-0.25, -0.2) is 4.57 Å². The summed E-state index contributed by atoms with van der Waals surface area (Å²) >= 11 is 0. The first-order valence-corrected chi connectivity index (χ1v) is 26.2. The highest BCUT2D eigenvalue weighted by molar-refractivity contribution is 7.47. The number of ether oxygens (including phenoxy) is 1. The van der Waals surface area contributed by atoms with Gasteiger partial charge in [0.15, 0.2) is 0 Å². The van der Waals surface area contributed by atoms with E-state index in [0.717, 1.165) is 38.5 Å². The van der Waals surface area contributed by atoms with E-state index in [1.54, 1.807) is 0 Å². The molecule has 0 heterocycles. The second-order valence-electron chi connectivity index (χ2n) is 16.8. The molecule has 0 bridgehead atoms. The lowest BCUT2D eigenvalue weighted by atomic mass is 10.0. The summed E-state index contributed by atoms with van der Waals surface area (Å²) < 4.78 is 27.0. The Morgan fingerprint density at radius 1 is 0.517 bits per heavy atom. The number of unbranched alkanes of at least 4 members (excludes halogenated alkanes) is 32. The largest absolute Gasteiger partial charge is 0.472 e. The topological polar surface area (TPSA) is 131 Å². The number of allylic oxidation sites excluding steroid dienone is 2. The van der Waals surface area contributed by atoms with E-state index in [1.165, 1.54) is 186 Å². The molecule has 58 heavy (non-hydrogen) atoms. The Hall–Kier alpha value is -1.25. The molecule has 0 saturated heterocycles. The predicted molar refractivity (Wildman–Crippen MR) is 243 cm³/mol. The van der Waals surface area contributed by atoms with Gasteiger partial charge in [-0.3, -0.25) is 18.6 Å². The minimum atomic E-state index is -4.42. The van der Waals surface area contributed by atoms with Crippen LogP contribution in [0.25, 0.3) is 0 Å². The fourth-order valence-corrected chi connectivity index (χ4v) is 7.96. The average Bonchev–Trinajstić information content (AvgIpc) is 3.21. The number of phosphoric acid groups is 1. The maximum atomic E-state index is 12.1. The van der Waals surface area contributed by atoms with E-state index in [4.69, 9.17) is 13.8 Å². The van der Waals surface area contributed by atoms with Crippen molar-refractivity contribution in [1.82, 2.24) is 5.32 Å². The molecule has 10 heteroatoms. The molecular formula is C48H94NO8P. The van der Waals surface area contributed by atoms with Gasteiger partial charge in [-0.05, 0) is 38.5 Å². The lowest BCUT2D eigenvalue weighted by Crippen LogP contribution is -2.27. The van der Waals surface area contributed by atoms with Gasteiger partial charge in [0, 0.05) is 19.4 Å². The molecule has 0 spiro atoms. The van der Waals surface area contributed by atoms with Crippen LogP contribution in [0.2, 0.25) is 0 Å². The lowest BCUT2D eigenvalue weighted by molar-refractivity contribution is -0.147. The standard InChI is InChI=1S/C48H94NO8P/c1-3-5-7-9-11-13-15-17-19-21-23-24-26-28-30-32-34-36-38-40-47(51)49-42-43-56-58(53,54)57-45-46(50)44-55-48(52)41-39-37-35-33-31-29-27-25-22-20-18-16-14-12-10-8-6-4-2/h17,19,46,50H,3-16,18,20-45H2,1-2H3,(H,49,51)(H,53,54)/b19-17+. The smallest absolute Gasteiger partial charge is 0.463 e. The Balaban J connectivity index is 3.53. The van der Waals surface area contributed by atoms with Crippen molar-refractivity contribution in [1.29, 1.82) is 0 Å².